The van der Waals surface area contributed by atoms with Gasteiger partial charge >= 0.3 is 5.97 Å². The fraction of sp³-hybridized carbons (Fsp3) is 0.316. The maximum atomic E-state index is 11.4. The molecule has 0 heterocycles. The molecule has 0 fully saturated rings. The molecule has 0 bridgehead atoms. The highest BCUT2D eigenvalue weighted by Gasteiger charge is 2.13. The van der Waals surface area contributed by atoms with Gasteiger partial charge in [0, 0.05) is 11.0 Å². The van der Waals surface area contributed by atoms with Crippen molar-refractivity contribution in [2.75, 3.05) is 18.5 Å². The quantitative estimate of drug-likeness (QED) is 0.619. The summed E-state index contributed by atoms with van der Waals surface area (Å²) in [6.45, 7) is 5.25. The van der Waals surface area contributed by atoms with E-state index in [1.807, 2.05) is 44.2 Å². The van der Waals surface area contributed by atoms with Gasteiger partial charge in [0.05, 0.1) is 17.9 Å². The number of hydrogen-bond donors (Lipinski definition) is 2. The highest BCUT2D eigenvalue weighted by Crippen LogP contribution is 2.28. The molecular formula is C19H22BrNO3. The molecule has 2 aromatic rings. The molecule has 0 spiro atoms. The number of hydrogen-bond acceptors (Lipinski definition) is 3. The van der Waals surface area contributed by atoms with E-state index in [1.54, 1.807) is 6.07 Å². The molecule has 4 nitrogen and oxygen atoms in total. The first-order chi connectivity index (χ1) is 11.5. The lowest BCUT2D eigenvalue weighted by molar-refractivity contribution is 0.0697. The molecule has 2 N–H and O–H groups in total. The molecule has 0 saturated heterocycles. The fourth-order valence-electron chi connectivity index (χ4n) is 2.43. The molecule has 24 heavy (non-hydrogen) atoms. The van der Waals surface area contributed by atoms with E-state index in [0.29, 0.717) is 18.8 Å². The zero-order valence-corrected chi connectivity index (χ0v) is 15.5. The van der Waals surface area contributed by atoms with Gasteiger partial charge in [0.15, 0.2) is 0 Å². The van der Waals surface area contributed by atoms with Crippen LogP contribution in [0.25, 0.3) is 0 Å². The first-order valence-corrected chi connectivity index (χ1v) is 8.73. The van der Waals surface area contributed by atoms with Gasteiger partial charge in [0.25, 0.3) is 0 Å². The topological polar surface area (TPSA) is 58.6 Å². The van der Waals surface area contributed by atoms with Gasteiger partial charge in [-0.1, -0.05) is 12.1 Å². The number of ether oxygens (including phenoxy) is 1. The highest BCUT2D eigenvalue weighted by atomic mass is 79.9. The summed E-state index contributed by atoms with van der Waals surface area (Å²) in [6.07, 6.45) is 1.79. The zero-order valence-electron chi connectivity index (χ0n) is 13.9. The standard InChI is InChI=1S/C19H22BrNO3/c1-13-6-5-7-15(10-13)24-9-4-3-8-21-18-16(19(22)23)11-14(2)12-17(18)20/h5-7,10-12,21H,3-4,8-9H2,1-2H3,(H,22,23). The van der Waals surface area contributed by atoms with Crippen LogP contribution in [0.5, 0.6) is 5.75 Å². The van der Waals surface area contributed by atoms with Crippen LogP contribution in [0.2, 0.25) is 0 Å². The summed E-state index contributed by atoms with van der Waals surface area (Å²) in [4.78, 5) is 11.4. The van der Waals surface area contributed by atoms with Crippen LogP contribution in [0.3, 0.4) is 0 Å². The zero-order chi connectivity index (χ0) is 17.5. The lowest BCUT2D eigenvalue weighted by atomic mass is 10.1. The van der Waals surface area contributed by atoms with Crippen LogP contribution in [-0.4, -0.2) is 24.2 Å². The number of benzene rings is 2. The smallest absolute Gasteiger partial charge is 0.337 e. The molecule has 0 atom stereocenters. The van der Waals surface area contributed by atoms with Gasteiger partial charge < -0.3 is 15.2 Å². The molecule has 0 aliphatic carbocycles. The fourth-order valence-corrected chi connectivity index (χ4v) is 3.14. The Morgan fingerprint density at radius 1 is 1.17 bits per heavy atom. The van der Waals surface area contributed by atoms with Gasteiger partial charge in [0.2, 0.25) is 0 Å². The third kappa shape index (κ3) is 5.27. The predicted molar refractivity (Wildman–Crippen MR) is 100 cm³/mol. The molecule has 0 radical (unpaired) electrons. The van der Waals surface area contributed by atoms with Gasteiger partial charge in [-0.25, -0.2) is 4.79 Å². The van der Waals surface area contributed by atoms with E-state index in [-0.39, 0.29) is 5.56 Å². The normalized spacial score (nSPS) is 10.5. The van der Waals surface area contributed by atoms with E-state index in [4.69, 9.17) is 4.74 Å². The predicted octanol–water partition coefficient (Wildman–Crippen LogP) is 5.04. The second-order valence-corrected chi connectivity index (χ2v) is 6.63. The molecule has 128 valence electrons. The molecule has 0 saturated carbocycles. The molecule has 0 aliphatic rings. The summed E-state index contributed by atoms with van der Waals surface area (Å²) in [5.74, 6) is -0.0397. The van der Waals surface area contributed by atoms with Gasteiger partial charge in [-0.2, -0.15) is 0 Å². The van der Waals surface area contributed by atoms with E-state index in [0.717, 1.165) is 28.6 Å². The second kappa shape index (κ2) is 8.73. The third-order valence-electron chi connectivity index (χ3n) is 3.60. The van der Waals surface area contributed by atoms with Gasteiger partial charge in [-0.3, -0.25) is 0 Å². The number of carboxylic acid groups (broad SMARTS) is 1. The summed E-state index contributed by atoms with van der Waals surface area (Å²) in [6, 6.07) is 11.6. The lowest BCUT2D eigenvalue weighted by Crippen LogP contribution is -2.10. The Bertz CT molecular complexity index is 716. The van der Waals surface area contributed by atoms with Crippen molar-refractivity contribution in [3.8, 4) is 5.75 Å². The largest absolute Gasteiger partial charge is 0.494 e. The minimum atomic E-state index is -0.926. The van der Waals surface area contributed by atoms with E-state index in [1.165, 1.54) is 5.56 Å². The number of rotatable bonds is 8. The molecule has 0 aliphatic heterocycles. The summed E-state index contributed by atoms with van der Waals surface area (Å²) < 4.78 is 6.48. The van der Waals surface area contributed by atoms with Crippen LogP contribution < -0.4 is 10.1 Å². The summed E-state index contributed by atoms with van der Waals surface area (Å²) >= 11 is 3.44. The third-order valence-corrected chi connectivity index (χ3v) is 4.22. The Kier molecular flexibility index (Phi) is 6.67. The van der Waals surface area contributed by atoms with Crippen LogP contribution in [0.15, 0.2) is 40.9 Å². The number of nitrogens with one attached hydrogen (secondary N) is 1. The highest BCUT2D eigenvalue weighted by molar-refractivity contribution is 9.10. The average Bonchev–Trinajstić information content (AvgIpc) is 2.51. The van der Waals surface area contributed by atoms with Crippen LogP contribution >= 0.6 is 15.9 Å². The number of anilines is 1. The molecule has 2 aromatic carbocycles. The van der Waals surface area contributed by atoms with Crippen molar-refractivity contribution >= 4 is 27.6 Å². The van der Waals surface area contributed by atoms with Gasteiger partial charge in [-0.05, 0) is 78.0 Å². The average molecular weight is 392 g/mol. The van der Waals surface area contributed by atoms with Crippen molar-refractivity contribution in [2.45, 2.75) is 26.7 Å². The first-order valence-electron chi connectivity index (χ1n) is 7.94. The van der Waals surface area contributed by atoms with Crippen LogP contribution in [0.4, 0.5) is 5.69 Å². The van der Waals surface area contributed by atoms with Crippen LogP contribution in [0, 0.1) is 13.8 Å². The second-order valence-electron chi connectivity index (χ2n) is 5.77. The molecular weight excluding hydrogens is 370 g/mol. The maximum Gasteiger partial charge on any atom is 0.337 e. The monoisotopic (exact) mass is 391 g/mol. The Morgan fingerprint density at radius 2 is 1.96 bits per heavy atom. The lowest BCUT2D eigenvalue weighted by Gasteiger charge is -2.13. The van der Waals surface area contributed by atoms with Gasteiger partial charge in [0.1, 0.15) is 5.75 Å². The number of aromatic carboxylic acids is 1. The Labute approximate surface area is 151 Å². The molecule has 0 amide bonds. The molecule has 5 heteroatoms. The Hall–Kier alpha value is -2.01. The van der Waals surface area contributed by atoms with Crippen molar-refractivity contribution in [1.82, 2.24) is 0 Å². The van der Waals surface area contributed by atoms with E-state index >= 15 is 0 Å². The first kappa shape index (κ1) is 18.3. The summed E-state index contributed by atoms with van der Waals surface area (Å²) in [5.41, 5.74) is 3.02. The number of carbonyl (C=O) groups is 1. The number of aryl methyl sites for hydroxylation is 2. The molecule has 0 unspecified atom stereocenters. The number of halogens is 1. The minimum absolute atomic E-state index is 0.290. The summed E-state index contributed by atoms with van der Waals surface area (Å²) in [7, 11) is 0. The number of carboxylic acids is 1. The van der Waals surface area contributed by atoms with Gasteiger partial charge in [-0.15, -0.1) is 0 Å². The molecule has 2 rings (SSSR count). The summed E-state index contributed by atoms with van der Waals surface area (Å²) in [5, 5.41) is 12.5. The van der Waals surface area contributed by atoms with Crippen LogP contribution in [0.1, 0.15) is 34.3 Å². The van der Waals surface area contributed by atoms with Crippen molar-refractivity contribution in [3.63, 3.8) is 0 Å². The van der Waals surface area contributed by atoms with Crippen molar-refractivity contribution in [3.05, 3.63) is 57.6 Å². The minimum Gasteiger partial charge on any atom is -0.494 e. The van der Waals surface area contributed by atoms with E-state index in [9.17, 15) is 9.90 Å². The van der Waals surface area contributed by atoms with Crippen molar-refractivity contribution in [2.24, 2.45) is 0 Å². The van der Waals surface area contributed by atoms with E-state index < -0.39 is 5.97 Å². The number of unbranched alkanes of at least 4 members (excludes halogenated alkanes) is 1. The van der Waals surface area contributed by atoms with Crippen molar-refractivity contribution < 1.29 is 14.6 Å². The molecule has 0 aromatic heterocycles. The van der Waals surface area contributed by atoms with E-state index in [2.05, 4.69) is 21.2 Å². The van der Waals surface area contributed by atoms with Crippen LogP contribution in [-0.2, 0) is 0 Å². The Balaban J connectivity index is 1.79. The SMILES string of the molecule is Cc1cccc(OCCCCNc2c(Br)cc(C)cc2C(=O)O)c1. The maximum absolute atomic E-state index is 11.4. The Morgan fingerprint density at radius 3 is 2.67 bits per heavy atom. The van der Waals surface area contributed by atoms with Crippen molar-refractivity contribution in [1.29, 1.82) is 0 Å².